The lowest BCUT2D eigenvalue weighted by Gasteiger charge is -2.43. The molecule has 2 aliphatic rings. The molecule has 2 aromatic rings. The Morgan fingerprint density at radius 2 is 1.83 bits per heavy atom. The molecule has 5 heteroatoms. The van der Waals surface area contributed by atoms with Gasteiger partial charge in [-0.15, -0.1) is 0 Å². The zero-order valence-electron chi connectivity index (χ0n) is 17.6. The van der Waals surface area contributed by atoms with Gasteiger partial charge < -0.3 is 4.74 Å². The van der Waals surface area contributed by atoms with Gasteiger partial charge in [-0.05, 0) is 54.7 Å². The van der Waals surface area contributed by atoms with Crippen molar-refractivity contribution >= 4 is 33.3 Å². The molecule has 1 aliphatic carbocycles. The number of nitrogens with zero attached hydrogens (tertiary/aromatic N) is 1. The number of hydrogen-bond donors (Lipinski definition) is 0. The van der Waals surface area contributed by atoms with Crippen LogP contribution < -0.4 is 9.64 Å². The van der Waals surface area contributed by atoms with Crippen molar-refractivity contribution in [2.45, 2.75) is 46.0 Å². The number of anilines is 1. The average Bonchev–Trinajstić information content (AvgIpc) is 2.67. The normalized spacial score (nSPS) is 20.9. The summed E-state index contributed by atoms with van der Waals surface area (Å²) in [5.74, 6) is 0.753. The van der Waals surface area contributed by atoms with Crippen LogP contribution >= 0.6 is 15.9 Å². The lowest BCUT2D eigenvalue weighted by atomic mass is 9.69. The van der Waals surface area contributed by atoms with E-state index >= 15 is 0 Å². The van der Waals surface area contributed by atoms with Crippen molar-refractivity contribution < 1.29 is 14.3 Å². The van der Waals surface area contributed by atoms with E-state index < -0.39 is 0 Å². The Labute approximate surface area is 186 Å². The molecular formula is C25H26BrNO3. The summed E-state index contributed by atoms with van der Waals surface area (Å²) < 4.78 is 6.46. The van der Waals surface area contributed by atoms with Gasteiger partial charge in [0.25, 0.3) is 0 Å². The molecule has 1 heterocycles. The highest BCUT2D eigenvalue weighted by Crippen LogP contribution is 2.48. The Morgan fingerprint density at radius 1 is 1.10 bits per heavy atom. The van der Waals surface area contributed by atoms with Gasteiger partial charge in [-0.1, -0.05) is 48.0 Å². The van der Waals surface area contributed by atoms with Crippen molar-refractivity contribution in [1.29, 1.82) is 0 Å². The van der Waals surface area contributed by atoms with Gasteiger partial charge in [0.1, 0.15) is 5.75 Å². The minimum absolute atomic E-state index is 0.0243. The van der Waals surface area contributed by atoms with E-state index in [1.807, 2.05) is 55.5 Å². The summed E-state index contributed by atoms with van der Waals surface area (Å²) in [6.45, 7) is 6.74. The first kappa shape index (κ1) is 20.9. The first-order valence-electron chi connectivity index (χ1n) is 10.4. The number of carbonyl (C=O) groups excluding carboxylic acids is 2. The van der Waals surface area contributed by atoms with Crippen molar-refractivity contribution in [3.05, 3.63) is 69.8 Å². The van der Waals surface area contributed by atoms with Gasteiger partial charge in [0.15, 0.2) is 5.78 Å². The second-order valence-corrected chi connectivity index (χ2v) is 9.68. The van der Waals surface area contributed by atoms with E-state index in [1.165, 1.54) is 0 Å². The van der Waals surface area contributed by atoms with E-state index in [9.17, 15) is 9.59 Å². The summed E-state index contributed by atoms with van der Waals surface area (Å²) in [5, 5.41) is 0. The first-order valence-corrected chi connectivity index (χ1v) is 11.2. The van der Waals surface area contributed by atoms with Crippen LogP contribution in [0.2, 0.25) is 0 Å². The van der Waals surface area contributed by atoms with Crippen LogP contribution in [0.15, 0.2) is 64.3 Å². The topological polar surface area (TPSA) is 46.6 Å². The number of rotatable bonds is 4. The van der Waals surface area contributed by atoms with E-state index in [0.29, 0.717) is 19.4 Å². The van der Waals surface area contributed by atoms with Crippen LogP contribution in [0.25, 0.3) is 0 Å². The van der Waals surface area contributed by atoms with Crippen LogP contribution in [0.3, 0.4) is 0 Å². The van der Waals surface area contributed by atoms with Crippen LogP contribution in [-0.4, -0.2) is 18.3 Å². The average molecular weight is 468 g/mol. The van der Waals surface area contributed by atoms with Gasteiger partial charge in [-0.2, -0.15) is 0 Å². The highest BCUT2D eigenvalue weighted by Gasteiger charge is 2.44. The molecule has 1 amide bonds. The van der Waals surface area contributed by atoms with Crippen LogP contribution in [-0.2, 0) is 9.59 Å². The van der Waals surface area contributed by atoms with Crippen molar-refractivity contribution in [1.82, 2.24) is 0 Å². The molecular weight excluding hydrogens is 442 g/mol. The Balaban J connectivity index is 1.83. The quantitative estimate of drug-likeness (QED) is 0.552. The van der Waals surface area contributed by atoms with Crippen molar-refractivity contribution in [2.24, 2.45) is 5.41 Å². The Hall–Kier alpha value is -2.40. The number of benzene rings is 2. The van der Waals surface area contributed by atoms with Crippen molar-refractivity contribution in [2.75, 3.05) is 11.5 Å². The third kappa shape index (κ3) is 3.95. The minimum atomic E-state index is -0.213. The molecule has 0 spiro atoms. The molecule has 0 saturated carbocycles. The molecule has 1 atom stereocenters. The minimum Gasteiger partial charge on any atom is -0.494 e. The van der Waals surface area contributed by atoms with Crippen LogP contribution in [0.5, 0.6) is 5.75 Å². The number of carbonyl (C=O) groups is 2. The fourth-order valence-electron chi connectivity index (χ4n) is 4.58. The van der Waals surface area contributed by atoms with Crippen LogP contribution in [0, 0.1) is 5.41 Å². The molecule has 30 heavy (non-hydrogen) atoms. The number of hydrogen-bond acceptors (Lipinski definition) is 3. The maximum atomic E-state index is 13.4. The van der Waals surface area contributed by atoms with Crippen molar-refractivity contribution in [3.8, 4) is 5.75 Å². The Morgan fingerprint density at radius 3 is 2.50 bits per heavy atom. The molecule has 4 nitrogen and oxygen atoms in total. The number of halogens is 1. The van der Waals surface area contributed by atoms with E-state index in [-0.39, 0.29) is 29.4 Å². The smallest absolute Gasteiger partial charge is 0.232 e. The molecule has 4 rings (SSSR count). The second kappa shape index (κ2) is 8.03. The number of allylic oxidation sites excluding steroid dienone is 2. The fourth-order valence-corrected chi connectivity index (χ4v) is 4.97. The maximum absolute atomic E-state index is 13.4. The van der Waals surface area contributed by atoms with Gasteiger partial charge >= 0.3 is 0 Å². The molecule has 1 aliphatic heterocycles. The zero-order chi connectivity index (χ0) is 21.5. The molecule has 156 valence electrons. The van der Waals surface area contributed by atoms with Gasteiger partial charge in [0, 0.05) is 40.2 Å². The molecule has 0 fully saturated rings. The number of ether oxygens (including phenoxy) is 1. The summed E-state index contributed by atoms with van der Waals surface area (Å²) in [4.78, 5) is 28.5. The molecule has 0 N–H and O–H groups in total. The number of Topliss-reactive ketones (excluding diaryl/α,β-unsaturated/α-hetero) is 1. The lowest BCUT2D eigenvalue weighted by molar-refractivity contribution is -0.121. The lowest BCUT2D eigenvalue weighted by Crippen LogP contribution is -2.43. The first-order chi connectivity index (χ1) is 14.3. The molecule has 0 saturated heterocycles. The Kier molecular flexibility index (Phi) is 5.58. The highest BCUT2D eigenvalue weighted by molar-refractivity contribution is 9.10. The number of ketones is 1. The van der Waals surface area contributed by atoms with E-state index in [4.69, 9.17) is 4.74 Å². The fraction of sp³-hybridized carbons (Fsp3) is 0.360. The summed E-state index contributed by atoms with van der Waals surface area (Å²) in [6.07, 6.45) is 1.48. The van der Waals surface area contributed by atoms with Crippen molar-refractivity contribution in [3.63, 3.8) is 0 Å². The highest BCUT2D eigenvalue weighted by atomic mass is 79.9. The standard InChI is InChI=1S/C25H26BrNO3/c1-4-30-19-10-8-16(9-11-19)20-13-23(29)27(18-7-5-6-17(26)12-18)21-14-25(2,3)15-22(28)24(20)21/h5-12,20H,4,13-15H2,1-3H3. The zero-order valence-corrected chi connectivity index (χ0v) is 19.2. The molecule has 0 bridgehead atoms. The van der Waals surface area contributed by atoms with Crippen LogP contribution in [0.1, 0.15) is 51.5 Å². The summed E-state index contributed by atoms with van der Waals surface area (Å²) in [7, 11) is 0. The third-order valence-electron chi connectivity index (χ3n) is 5.80. The van der Waals surface area contributed by atoms with Crippen LogP contribution in [0.4, 0.5) is 5.69 Å². The van der Waals surface area contributed by atoms with Gasteiger partial charge in [-0.3, -0.25) is 14.5 Å². The molecule has 0 radical (unpaired) electrons. The van der Waals surface area contributed by atoms with E-state index in [0.717, 1.165) is 32.7 Å². The largest absolute Gasteiger partial charge is 0.494 e. The van der Waals surface area contributed by atoms with E-state index in [1.54, 1.807) is 4.90 Å². The monoisotopic (exact) mass is 467 g/mol. The maximum Gasteiger partial charge on any atom is 0.232 e. The predicted octanol–water partition coefficient (Wildman–Crippen LogP) is 6.01. The van der Waals surface area contributed by atoms with E-state index in [2.05, 4.69) is 29.8 Å². The van der Waals surface area contributed by atoms with Gasteiger partial charge in [0.05, 0.1) is 6.61 Å². The summed E-state index contributed by atoms with van der Waals surface area (Å²) >= 11 is 3.51. The predicted molar refractivity (Wildman–Crippen MR) is 122 cm³/mol. The van der Waals surface area contributed by atoms with Gasteiger partial charge in [-0.25, -0.2) is 0 Å². The summed E-state index contributed by atoms with van der Waals surface area (Å²) in [6, 6.07) is 15.5. The molecule has 2 aromatic carbocycles. The molecule has 0 aromatic heterocycles. The van der Waals surface area contributed by atoms with Gasteiger partial charge in [0.2, 0.25) is 5.91 Å². The second-order valence-electron chi connectivity index (χ2n) is 8.77. The SMILES string of the molecule is CCOc1ccc(C2CC(=O)N(c3cccc(Br)c3)C3=C2C(=O)CC(C)(C)C3)cc1. The summed E-state index contributed by atoms with van der Waals surface area (Å²) in [5.41, 5.74) is 3.25. The Bertz CT molecular complexity index is 1020. The number of amides is 1. The molecule has 1 unspecified atom stereocenters. The third-order valence-corrected chi connectivity index (χ3v) is 6.30.